The number of hydrogen-bond acceptors (Lipinski definition) is 3. The van der Waals surface area contributed by atoms with Crippen molar-refractivity contribution in [1.82, 2.24) is 5.48 Å². The van der Waals surface area contributed by atoms with Crippen LogP contribution in [0.15, 0.2) is 48.5 Å². The molecule has 2 rings (SSSR count). The van der Waals surface area contributed by atoms with Crippen LogP contribution in [0.25, 0.3) is 0 Å². The van der Waals surface area contributed by atoms with Crippen LogP contribution in [0, 0.1) is 6.92 Å². The number of alkyl halides is 3. The van der Waals surface area contributed by atoms with Crippen molar-refractivity contribution < 1.29 is 27.6 Å². The van der Waals surface area contributed by atoms with E-state index in [-0.39, 0.29) is 11.1 Å². The van der Waals surface area contributed by atoms with E-state index in [2.05, 4.69) is 4.84 Å². The van der Waals surface area contributed by atoms with E-state index in [9.17, 15) is 22.8 Å². The summed E-state index contributed by atoms with van der Waals surface area (Å²) < 4.78 is 37.3. The van der Waals surface area contributed by atoms with Gasteiger partial charge in [0.2, 0.25) is 0 Å². The fourth-order valence-corrected chi connectivity index (χ4v) is 1.82. The number of nitrogens with one attached hydrogen (secondary N) is 1. The zero-order chi connectivity index (χ0) is 17.0. The highest BCUT2D eigenvalue weighted by molar-refractivity contribution is 5.96. The summed E-state index contributed by atoms with van der Waals surface area (Å²) in [6.45, 7) is 1.70. The third-order valence-corrected chi connectivity index (χ3v) is 3.08. The molecule has 0 atom stereocenters. The lowest BCUT2D eigenvalue weighted by Gasteiger charge is -2.09. The van der Waals surface area contributed by atoms with Gasteiger partial charge in [0, 0.05) is 5.56 Å². The zero-order valence-electron chi connectivity index (χ0n) is 12.0. The van der Waals surface area contributed by atoms with Gasteiger partial charge in [-0.2, -0.15) is 18.7 Å². The molecule has 2 aromatic carbocycles. The van der Waals surface area contributed by atoms with Crippen LogP contribution >= 0.6 is 0 Å². The lowest BCUT2D eigenvalue weighted by molar-refractivity contribution is -0.137. The standard InChI is InChI=1S/C16H12F3NO3/c1-10-4-2-3-5-13(10)15(22)23-20-14(21)11-6-8-12(9-7-11)16(17,18)19/h2-9H,1H3,(H,20,21). The maximum Gasteiger partial charge on any atom is 0.416 e. The zero-order valence-corrected chi connectivity index (χ0v) is 12.0. The van der Waals surface area contributed by atoms with E-state index >= 15 is 0 Å². The van der Waals surface area contributed by atoms with Gasteiger partial charge in [-0.1, -0.05) is 18.2 Å². The Morgan fingerprint density at radius 1 is 1.00 bits per heavy atom. The lowest BCUT2D eigenvalue weighted by atomic mass is 10.1. The largest absolute Gasteiger partial charge is 0.416 e. The highest BCUT2D eigenvalue weighted by atomic mass is 19.4. The molecule has 0 aliphatic heterocycles. The second-order valence-electron chi connectivity index (χ2n) is 4.71. The number of rotatable bonds is 2. The fraction of sp³-hybridized carbons (Fsp3) is 0.125. The van der Waals surface area contributed by atoms with Gasteiger partial charge in [-0.25, -0.2) is 4.79 Å². The highest BCUT2D eigenvalue weighted by Gasteiger charge is 2.30. The summed E-state index contributed by atoms with van der Waals surface area (Å²) in [5.74, 6) is -1.58. The Bertz CT molecular complexity index is 724. The molecule has 120 valence electrons. The summed E-state index contributed by atoms with van der Waals surface area (Å²) in [7, 11) is 0. The summed E-state index contributed by atoms with van der Waals surface area (Å²) in [5, 5.41) is 0. The third kappa shape index (κ3) is 4.09. The van der Waals surface area contributed by atoms with Crippen molar-refractivity contribution in [3.05, 3.63) is 70.8 Å². The average molecular weight is 323 g/mol. The Kier molecular flexibility index (Phi) is 4.68. The molecular weight excluding hydrogens is 311 g/mol. The predicted molar refractivity (Wildman–Crippen MR) is 75.5 cm³/mol. The number of carbonyl (C=O) groups is 2. The van der Waals surface area contributed by atoms with Gasteiger partial charge in [0.05, 0.1) is 11.1 Å². The molecule has 1 amide bonds. The first-order valence-electron chi connectivity index (χ1n) is 6.53. The molecule has 0 spiro atoms. The summed E-state index contributed by atoms with van der Waals surface area (Å²) in [6, 6.07) is 10.2. The lowest BCUT2D eigenvalue weighted by Crippen LogP contribution is -2.27. The molecule has 0 fully saturated rings. The Morgan fingerprint density at radius 3 is 2.17 bits per heavy atom. The summed E-state index contributed by atoms with van der Waals surface area (Å²) in [5.41, 5.74) is 1.93. The van der Waals surface area contributed by atoms with E-state index in [1.54, 1.807) is 25.1 Å². The summed E-state index contributed by atoms with van der Waals surface area (Å²) in [4.78, 5) is 28.2. The normalized spacial score (nSPS) is 11.0. The van der Waals surface area contributed by atoms with Gasteiger partial charge in [0.25, 0.3) is 5.91 Å². The van der Waals surface area contributed by atoms with E-state index in [0.29, 0.717) is 5.56 Å². The average Bonchev–Trinajstić information content (AvgIpc) is 2.52. The van der Waals surface area contributed by atoms with Gasteiger partial charge in [-0.05, 0) is 42.8 Å². The monoisotopic (exact) mass is 323 g/mol. The predicted octanol–water partition coefficient (Wildman–Crippen LogP) is 3.52. The van der Waals surface area contributed by atoms with Crippen molar-refractivity contribution in [2.24, 2.45) is 0 Å². The maximum absolute atomic E-state index is 12.4. The van der Waals surface area contributed by atoms with Gasteiger partial charge in [-0.3, -0.25) is 4.79 Å². The fourth-order valence-electron chi connectivity index (χ4n) is 1.82. The second kappa shape index (κ2) is 6.51. The molecule has 0 bridgehead atoms. The smallest absolute Gasteiger partial charge is 0.335 e. The Balaban J connectivity index is 2.00. The van der Waals surface area contributed by atoms with E-state index in [0.717, 1.165) is 24.3 Å². The van der Waals surface area contributed by atoms with Crippen molar-refractivity contribution in [2.75, 3.05) is 0 Å². The Morgan fingerprint density at radius 2 is 1.61 bits per heavy atom. The van der Waals surface area contributed by atoms with Crippen LogP contribution in [0.3, 0.4) is 0 Å². The van der Waals surface area contributed by atoms with Crippen molar-refractivity contribution >= 4 is 11.9 Å². The molecule has 0 saturated heterocycles. The molecule has 0 heterocycles. The van der Waals surface area contributed by atoms with E-state index < -0.39 is 23.6 Å². The Hall–Kier alpha value is -2.83. The molecule has 4 nitrogen and oxygen atoms in total. The van der Waals surface area contributed by atoms with Crippen molar-refractivity contribution in [2.45, 2.75) is 13.1 Å². The molecule has 0 radical (unpaired) electrons. The first kappa shape index (κ1) is 16.5. The molecule has 7 heteroatoms. The number of hydroxylamine groups is 1. The number of benzene rings is 2. The van der Waals surface area contributed by atoms with E-state index in [4.69, 9.17) is 0 Å². The number of amides is 1. The van der Waals surface area contributed by atoms with Crippen LogP contribution in [0.2, 0.25) is 0 Å². The van der Waals surface area contributed by atoms with Crippen LogP contribution in [0.4, 0.5) is 13.2 Å². The van der Waals surface area contributed by atoms with Gasteiger partial charge >= 0.3 is 12.1 Å². The molecule has 0 saturated carbocycles. The molecule has 2 aromatic rings. The third-order valence-electron chi connectivity index (χ3n) is 3.08. The van der Waals surface area contributed by atoms with Crippen LogP contribution in [0.1, 0.15) is 31.8 Å². The highest BCUT2D eigenvalue weighted by Crippen LogP contribution is 2.29. The number of aryl methyl sites for hydroxylation is 1. The van der Waals surface area contributed by atoms with Crippen LogP contribution in [0.5, 0.6) is 0 Å². The number of halogens is 3. The molecule has 0 unspecified atom stereocenters. The van der Waals surface area contributed by atoms with Gasteiger partial charge in [-0.15, -0.1) is 0 Å². The minimum Gasteiger partial charge on any atom is -0.335 e. The first-order chi connectivity index (χ1) is 10.8. The molecule has 0 aliphatic carbocycles. The van der Waals surface area contributed by atoms with Gasteiger partial charge < -0.3 is 4.84 Å². The van der Waals surface area contributed by atoms with Crippen molar-refractivity contribution in [1.29, 1.82) is 0 Å². The van der Waals surface area contributed by atoms with E-state index in [1.165, 1.54) is 6.07 Å². The quantitative estimate of drug-likeness (QED) is 0.861. The second-order valence-corrected chi connectivity index (χ2v) is 4.71. The van der Waals surface area contributed by atoms with Gasteiger partial charge in [0.1, 0.15) is 0 Å². The maximum atomic E-state index is 12.4. The first-order valence-corrected chi connectivity index (χ1v) is 6.53. The van der Waals surface area contributed by atoms with Crippen LogP contribution in [-0.4, -0.2) is 11.9 Å². The minimum absolute atomic E-state index is 0.0596. The van der Waals surface area contributed by atoms with Crippen LogP contribution in [-0.2, 0) is 11.0 Å². The summed E-state index contributed by atoms with van der Waals surface area (Å²) in [6.07, 6.45) is -4.48. The molecule has 1 N–H and O–H groups in total. The number of carbonyl (C=O) groups excluding carboxylic acids is 2. The number of hydrogen-bond donors (Lipinski definition) is 1. The Labute approximate surface area is 129 Å². The van der Waals surface area contributed by atoms with E-state index in [1.807, 2.05) is 5.48 Å². The molecule has 0 aliphatic rings. The summed E-state index contributed by atoms with van der Waals surface area (Å²) >= 11 is 0. The molecule has 0 aromatic heterocycles. The van der Waals surface area contributed by atoms with Crippen molar-refractivity contribution in [3.8, 4) is 0 Å². The SMILES string of the molecule is Cc1ccccc1C(=O)ONC(=O)c1ccc(C(F)(F)F)cc1. The molecular formula is C16H12F3NO3. The van der Waals surface area contributed by atoms with Crippen molar-refractivity contribution in [3.63, 3.8) is 0 Å². The molecule has 23 heavy (non-hydrogen) atoms. The minimum atomic E-state index is -4.48. The topological polar surface area (TPSA) is 55.4 Å². The van der Waals surface area contributed by atoms with Gasteiger partial charge in [0.15, 0.2) is 0 Å². The van der Waals surface area contributed by atoms with Crippen LogP contribution < -0.4 is 5.48 Å².